The van der Waals surface area contributed by atoms with E-state index in [0.29, 0.717) is 17.5 Å². The lowest BCUT2D eigenvalue weighted by Crippen LogP contribution is -2.07. The molecule has 0 aromatic heterocycles. The Labute approximate surface area is 125 Å². The Kier molecular flexibility index (Phi) is 4.91. The van der Waals surface area contributed by atoms with E-state index in [1.54, 1.807) is 12.1 Å². The van der Waals surface area contributed by atoms with Crippen LogP contribution in [0.3, 0.4) is 0 Å². The lowest BCUT2D eigenvalue weighted by atomic mass is 10.1. The number of hydrogen-bond donors (Lipinski definition) is 1. The molecule has 20 heavy (non-hydrogen) atoms. The van der Waals surface area contributed by atoms with Gasteiger partial charge in [0.1, 0.15) is 11.5 Å². The van der Waals surface area contributed by atoms with Gasteiger partial charge in [0, 0.05) is 0 Å². The van der Waals surface area contributed by atoms with Crippen LogP contribution in [0.5, 0.6) is 11.5 Å². The zero-order chi connectivity index (χ0) is 14.5. The first-order valence-corrected chi connectivity index (χ1v) is 7.19. The highest BCUT2D eigenvalue weighted by Gasteiger charge is 2.07. The predicted molar refractivity (Wildman–Crippen MR) is 83.5 cm³/mol. The summed E-state index contributed by atoms with van der Waals surface area (Å²) in [4.78, 5) is 0. The van der Waals surface area contributed by atoms with Crippen molar-refractivity contribution in [2.75, 3.05) is 6.61 Å². The summed E-state index contributed by atoms with van der Waals surface area (Å²) in [6.07, 6.45) is 1.09. The number of ether oxygens (including phenoxy) is 1. The quantitative estimate of drug-likeness (QED) is 0.826. The second-order valence-corrected chi connectivity index (χ2v) is 5.42. The van der Waals surface area contributed by atoms with Gasteiger partial charge in [-0.3, -0.25) is 0 Å². The summed E-state index contributed by atoms with van der Waals surface area (Å²) >= 11 is 6.26. The Morgan fingerprint density at radius 3 is 2.35 bits per heavy atom. The third-order valence-corrected chi connectivity index (χ3v) is 3.65. The van der Waals surface area contributed by atoms with Crippen LogP contribution in [0.1, 0.15) is 20.3 Å². The Morgan fingerprint density at radius 2 is 1.75 bits per heavy atom. The number of aromatic hydroxyl groups is 1. The number of phenols is 1. The van der Waals surface area contributed by atoms with E-state index in [1.165, 1.54) is 0 Å². The first-order chi connectivity index (χ1) is 9.60. The van der Waals surface area contributed by atoms with Crippen molar-refractivity contribution in [3.8, 4) is 22.6 Å². The van der Waals surface area contributed by atoms with Crippen LogP contribution >= 0.6 is 11.6 Å². The summed E-state index contributed by atoms with van der Waals surface area (Å²) < 4.78 is 5.73. The highest BCUT2D eigenvalue weighted by atomic mass is 35.5. The molecule has 0 bridgehead atoms. The maximum atomic E-state index is 9.30. The summed E-state index contributed by atoms with van der Waals surface area (Å²) in [5.74, 6) is 1.49. The fourth-order valence-electron chi connectivity index (χ4n) is 1.80. The molecule has 0 aliphatic carbocycles. The Balaban J connectivity index is 2.15. The molecule has 0 unspecified atom stereocenters. The van der Waals surface area contributed by atoms with E-state index in [9.17, 15) is 5.11 Å². The van der Waals surface area contributed by atoms with Crippen LogP contribution < -0.4 is 4.74 Å². The van der Waals surface area contributed by atoms with Gasteiger partial charge in [-0.2, -0.15) is 0 Å². The lowest BCUT2D eigenvalue weighted by molar-refractivity contribution is 0.257. The van der Waals surface area contributed by atoms with E-state index in [0.717, 1.165) is 23.3 Å². The molecule has 0 amide bonds. The molecule has 2 aromatic carbocycles. The van der Waals surface area contributed by atoms with Crippen LogP contribution in [-0.4, -0.2) is 11.7 Å². The van der Waals surface area contributed by atoms with Gasteiger partial charge in [-0.1, -0.05) is 50.1 Å². The standard InChI is InChI=1S/C17H19ClO2/c1-3-12(2)11-20-17-9-6-14(10-16(17)18)13-4-7-15(19)8-5-13/h4-10,12,19H,3,11H2,1-2H3/t12-/m0/s1. The van der Waals surface area contributed by atoms with Gasteiger partial charge in [-0.25, -0.2) is 0 Å². The molecule has 2 aromatic rings. The summed E-state index contributed by atoms with van der Waals surface area (Å²) in [5, 5.41) is 9.91. The van der Waals surface area contributed by atoms with Gasteiger partial charge < -0.3 is 9.84 Å². The predicted octanol–water partition coefficient (Wildman–Crippen LogP) is 5.14. The van der Waals surface area contributed by atoms with Gasteiger partial charge in [-0.15, -0.1) is 0 Å². The minimum Gasteiger partial charge on any atom is -0.508 e. The zero-order valence-corrected chi connectivity index (χ0v) is 12.5. The maximum Gasteiger partial charge on any atom is 0.137 e. The largest absolute Gasteiger partial charge is 0.508 e. The normalized spacial score (nSPS) is 12.2. The number of rotatable bonds is 5. The third-order valence-electron chi connectivity index (χ3n) is 3.35. The Bertz CT molecular complexity index is 564. The van der Waals surface area contributed by atoms with E-state index < -0.39 is 0 Å². The van der Waals surface area contributed by atoms with Crippen molar-refractivity contribution >= 4 is 11.6 Å². The molecule has 3 heteroatoms. The fraction of sp³-hybridized carbons (Fsp3) is 0.294. The Hall–Kier alpha value is -1.67. The average molecular weight is 291 g/mol. The number of hydrogen-bond acceptors (Lipinski definition) is 2. The highest BCUT2D eigenvalue weighted by Crippen LogP contribution is 2.31. The van der Waals surface area contributed by atoms with Gasteiger partial charge in [0.15, 0.2) is 0 Å². The topological polar surface area (TPSA) is 29.5 Å². The first kappa shape index (κ1) is 14.7. The summed E-state index contributed by atoms with van der Waals surface area (Å²) in [6, 6.07) is 12.8. The number of benzene rings is 2. The molecule has 0 heterocycles. The van der Waals surface area contributed by atoms with Gasteiger partial charge in [0.05, 0.1) is 11.6 Å². The van der Waals surface area contributed by atoms with Crippen LogP contribution in [0, 0.1) is 5.92 Å². The fourth-order valence-corrected chi connectivity index (χ4v) is 2.04. The molecular weight excluding hydrogens is 272 g/mol. The van der Waals surface area contributed by atoms with E-state index >= 15 is 0 Å². The molecule has 0 aliphatic rings. The molecule has 0 radical (unpaired) electrons. The smallest absolute Gasteiger partial charge is 0.137 e. The van der Waals surface area contributed by atoms with E-state index in [-0.39, 0.29) is 5.75 Å². The van der Waals surface area contributed by atoms with Crippen molar-refractivity contribution < 1.29 is 9.84 Å². The second kappa shape index (κ2) is 6.67. The van der Waals surface area contributed by atoms with Crippen molar-refractivity contribution in [3.05, 3.63) is 47.5 Å². The molecule has 2 nitrogen and oxygen atoms in total. The van der Waals surface area contributed by atoms with Gasteiger partial charge >= 0.3 is 0 Å². The Morgan fingerprint density at radius 1 is 1.10 bits per heavy atom. The molecule has 0 spiro atoms. The minimum absolute atomic E-state index is 0.258. The van der Waals surface area contributed by atoms with Crippen molar-refractivity contribution in [1.29, 1.82) is 0 Å². The monoisotopic (exact) mass is 290 g/mol. The van der Waals surface area contributed by atoms with Crippen LogP contribution in [0.15, 0.2) is 42.5 Å². The molecule has 0 saturated heterocycles. The third kappa shape index (κ3) is 3.67. The molecular formula is C17H19ClO2. The van der Waals surface area contributed by atoms with Gasteiger partial charge in [0.25, 0.3) is 0 Å². The van der Waals surface area contributed by atoms with Crippen LogP contribution in [0.2, 0.25) is 5.02 Å². The number of phenolic OH excluding ortho intramolecular Hbond substituents is 1. The van der Waals surface area contributed by atoms with Crippen LogP contribution in [0.25, 0.3) is 11.1 Å². The summed E-state index contributed by atoms with van der Waals surface area (Å²) in [6.45, 7) is 4.97. The van der Waals surface area contributed by atoms with Gasteiger partial charge in [-0.05, 0) is 41.3 Å². The van der Waals surface area contributed by atoms with Crippen molar-refractivity contribution in [2.24, 2.45) is 5.92 Å². The second-order valence-electron chi connectivity index (χ2n) is 5.02. The summed E-state index contributed by atoms with van der Waals surface area (Å²) in [5.41, 5.74) is 2.02. The zero-order valence-electron chi connectivity index (χ0n) is 11.8. The lowest BCUT2D eigenvalue weighted by Gasteiger charge is -2.13. The molecule has 0 saturated carbocycles. The van der Waals surface area contributed by atoms with Gasteiger partial charge in [0.2, 0.25) is 0 Å². The van der Waals surface area contributed by atoms with Crippen LogP contribution in [0.4, 0.5) is 0 Å². The first-order valence-electron chi connectivity index (χ1n) is 6.82. The van der Waals surface area contributed by atoms with Crippen molar-refractivity contribution in [2.45, 2.75) is 20.3 Å². The van der Waals surface area contributed by atoms with Crippen molar-refractivity contribution in [3.63, 3.8) is 0 Å². The molecule has 106 valence electrons. The van der Waals surface area contributed by atoms with E-state index in [2.05, 4.69) is 13.8 Å². The SMILES string of the molecule is CC[C@H](C)COc1ccc(-c2ccc(O)cc2)cc1Cl. The average Bonchev–Trinajstić information content (AvgIpc) is 2.46. The molecule has 0 fully saturated rings. The highest BCUT2D eigenvalue weighted by molar-refractivity contribution is 6.32. The minimum atomic E-state index is 0.258. The van der Waals surface area contributed by atoms with E-state index in [1.807, 2.05) is 30.3 Å². The molecule has 0 aliphatic heterocycles. The molecule has 1 N–H and O–H groups in total. The van der Waals surface area contributed by atoms with Crippen molar-refractivity contribution in [1.82, 2.24) is 0 Å². The maximum absolute atomic E-state index is 9.30. The van der Waals surface area contributed by atoms with E-state index in [4.69, 9.17) is 16.3 Å². The molecule has 1 atom stereocenters. The number of halogens is 1. The summed E-state index contributed by atoms with van der Waals surface area (Å²) in [7, 11) is 0. The van der Waals surface area contributed by atoms with Crippen LogP contribution in [-0.2, 0) is 0 Å². The molecule has 2 rings (SSSR count).